The van der Waals surface area contributed by atoms with Crippen molar-refractivity contribution < 1.29 is 4.84 Å². The minimum absolute atomic E-state index is 0.509. The number of hydrogen-bond acceptors (Lipinski definition) is 2. The zero-order chi connectivity index (χ0) is 7.28. The first-order valence-electron chi connectivity index (χ1n) is 3.32. The van der Waals surface area contributed by atoms with Crippen molar-refractivity contribution >= 4 is 5.71 Å². The molecular formula is C7H15NO. The van der Waals surface area contributed by atoms with Crippen LogP contribution in [0.3, 0.4) is 0 Å². The number of nitrogens with zero attached hydrogens (tertiary/aromatic N) is 1. The van der Waals surface area contributed by atoms with E-state index in [-0.39, 0.29) is 0 Å². The van der Waals surface area contributed by atoms with Crippen LogP contribution >= 0.6 is 0 Å². The lowest BCUT2D eigenvalue weighted by molar-refractivity contribution is 0.210. The molecule has 0 saturated heterocycles. The molecule has 0 N–H and O–H groups in total. The fourth-order valence-electron chi connectivity index (χ4n) is 0.695. The van der Waals surface area contributed by atoms with Crippen molar-refractivity contribution in [3.8, 4) is 0 Å². The van der Waals surface area contributed by atoms with Crippen molar-refractivity contribution in [2.75, 3.05) is 7.11 Å². The molecule has 0 saturated carbocycles. The Bertz CT molecular complexity index is 97.1. The number of rotatable bonds is 3. The molecule has 0 spiro atoms. The van der Waals surface area contributed by atoms with Crippen molar-refractivity contribution in [2.24, 2.45) is 11.1 Å². The topological polar surface area (TPSA) is 21.6 Å². The van der Waals surface area contributed by atoms with E-state index in [4.69, 9.17) is 0 Å². The highest BCUT2D eigenvalue weighted by molar-refractivity contribution is 5.85. The fourth-order valence-corrected chi connectivity index (χ4v) is 0.695. The Hall–Kier alpha value is -0.530. The maximum Gasteiger partial charge on any atom is 0.106 e. The van der Waals surface area contributed by atoms with Crippen LogP contribution in [0.2, 0.25) is 0 Å². The van der Waals surface area contributed by atoms with Crippen LogP contribution in [0, 0.1) is 5.92 Å². The molecule has 0 aromatic heterocycles. The van der Waals surface area contributed by atoms with E-state index < -0.39 is 0 Å². The summed E-state index contributed by atoms with van der Waals surface area (Å²) in [5, 5.41) is 3.86. The van der Waals surface area contributed by atoms with Crippen LogP contribution < -0.4 is 0 Å². The molecule has 0 aliphatic rings. The molecule has 0 aromatic rings. The molecule has 0 radical (unpaired) electrons. The molecule has 0 unspecified atom stereocenters. The van der Waals surface area contributed by atoms with Gasteiger partial charge in [0.15, 0.2) is 0 Å². The van der Waals surface area contributed by atoms with Crippen LogP contribution in [-0.2, 0) is 4.84 Å². The Balaban J connectivity index is 3.81. The van der Waals surface area contributed by atoms with Crippen LogP contribution in [0.5, 0.6) is 0 Å². The second-order valence-corrected chi connectivity index (χ2v) is 2.27. The van der Waals surface area contributed by atoms with Crippen LogP contribution in [0.25, 0.3) is 0 Å². The summed E-state index contributed by atoms with van der Waals surface area (Å²) >= 11 is 0. The van der Waals surface area contributed by atoms with Gasteiger partial charge in [0.25, 0.3) is 0 Å². The first kappa shape index (κ1) is 8.47. The summed E-state index contributed by atoms with van der Waals surface area (Å²) < 4.78 is 0. The molecule has 0 aliphatic carbocycles. The zero-order valence-electron chi connectivity index (χ0n) is 6.64. The second kappa shape index (κ2) is 4.36. The number of hydrogen-bond donors (Lipinski definition) is 0. The quantitative estimate of drug-likeness (QED) is 0.422. The van der Waals surface area contributed by atoms with E-state index in [0.717, 1.165) is 12.1 Å². The van der Waals surface area contributed by atoms with Gasteiger partial charge in [0.05, 0.1) is 5.71 Å². The van der Waals surface area contributed by atoms with E-state index in [2.05, 4.69) is 30.8 Å². The third kappa shape index (κ3) is 3.12. The molecule has 0 atom stereocenters. The summed E-state index contributed by atoms with van der Waals surface area (Å²) in [4.78, 5) is 4.64. The maximum absolute atomic E-state index is 4.64. The second-order valence-electron chi connectivity index (χ2n) is 2.27. The minimum Gasteiger partial charge on any atom is -0.399 e. The third-order valence-corrected chi connectivity index (χ3v) is 1.24. The summed E-state index contributed by atoms with van der Waals surface area (Å²) in [7, 11) is 1.58. The van der Waals surface area contributed by atoms with Crippen LogP contribution in [0.4, 0.5) is 0 Å². The van der Waals surface area contributed by atoms with E-state index >= 15 is 0 Å². The standard InChI is InChI=1S/C7H15NO/c1-5-7(6(2)3)8-9-4/h6H,5H2,1-4H3/b8-7-. The summed E-state index contributed by atoms with van der Waals surface area (Å²) in [6.07, 6.45) is 0.978. The van der Waals surface area contributed by atoms with Crippen molar-refractivity contribution in [1.82, 2.24) is 0 Å². The molecule has 0 aromatic carbocycles. The van der Waals surface area contributed by atoms with E-state index in [1.165, 1.54) is 0 Å². The van der Waals surface area contributed by atoms with Crippen LogP contribution in [0.15, 0.2) is 5.16 Å². The Morgan fingerprint density at radius 3 is 2.22 bits per heavy atom. The molecule has 0 bridgehead atoms. The van der Waals surface area contributed by atoms with Crippen LogP contribution in [0.1, 0.15) is 27.2 Å². The third-order valence-electron chi connectivity index (χ3n) is 1.24. The van der Waals surface area contributed by atoms with E-state index in [9.17, 15) is 0 Å². The normalized spacial score (nSPS) is 12.3. The van der Waals surface area contributed by atoms with Crippen molar-refractivity contribution in [3.05, 3.63) is 0 Å². The van der Waals surface area contributed by atoms with Gasteiger partial charge >= 0.3 is 0 Å². The Morgan fingerprint density at radius 1 is 1.56 bits per heavy atom. The van der Waals surface area contributed by atoms with Crippen molar-refractivity contribution in [3.63, 3.8) is 0 Å². The van der Waals surface area contributed by atoms with Gasteiger partial charge in [-0.1, -0.05) is 25.9 Å². The molecule has 0 heterocycles. The lowest BCUT2D eigenvalue weighted by Gasteiger charge is -2.04. The van der Waals surface area contributed by atoms with E-state index in [1.54, 1.807) is 7.11 Å². The summed E-state index contributed by atoms with van der Waals surface area (Å²) in [6, 6.07) is 0. The smallest absolute Gasteiger partial charge is 0.106 e. The van der Waals surface area contributed by atoms with Gasteiger partial charge in [-0.2, -0.15) is 0 Å². The molecule has 54 valence electrons. The maximum atomic E-state index is 4.64. The highest BCUT2D eigenvalue weighted by Crippen LogP contribution is 2.00. The van der Waals surface area contributed by atoms with Crippen molar-refractivity contribution in [2.45, 2.75) is 27.2 Å². The number of oxime groups is 1. The molecule has 0 rings (SSSR count). The molecule has 0 amide bonds. The predicted octanol–water partition coefficient (Wildman–Crippen LogP) is 2.05. The van der Waals surface area contributed by atoms with Crippen molar-refractivity contribution in [1.29, 1.82) is 0 Å². The Kier molecular flexibility index (Phi) is 4.10. The van der Waals surface area contributed by atoms with Gasteiger partial charge in [0.1, 0.15) is 7.11 Å². The highest BCUT2D eigenvalue weighted by atomic mass is 16.6. The van der Waals surface area contributed by atoms with Gasteiger partial charge in [-0.15, -0.1) is 0 Å². The molecule has 9 heavy (non-hydrogen) atoms. The average molecular weight is 129 g/mol. The Morgan fingerprint density at radius 2 is 2.11 bits per heavy atom. The zero-order valence-corrected chi connectivity index (χ0v) is 6.64. The van der Waals surface area contributed by atoms with E-state index in [0.29, 0.717) is 5.92 Å². The van der Waals surface area contributed by atoms with Gasteiger partial charge < -0.3 is 4.84 Å². The largest absolute Gasteiger partial charge is 0.399 e. The predicted molar refractivity (Wildman–Crippen MR) is 39.6 cm³/mol. The molecule has 0 aliphatic heterocycles. The van der Waals surface area contributed by atoms with Gasteiger partial charge in [-0.25, -0.2) is 0 Å². The fraction of sp³-hybridized carbons (Fsp3) is 0.857. The first-order valence-corrected chi connectivity index (χ1v) is 3.32. The van der Waals surface area contributed by atoms with Crippen LogP contribution in [-0.4, -0.2) is 12.8 Å². The SMILES string of the molecule is CC/C(=N/OC)C(C)C. The lowest BCUT2D eigenvalue weighted by Crippen LogP contribution is -2.05. The van der Waals surface area contributed by atoms with E-state index in [1.807, 2.05) is 0 Å². The summed E-state index contributed by atoms with van der Waals surface area (Å²) in [6.45, 7) is 6.31. The minimum atomic E-state index is 0.509. The Labute approximate surface area is 56.9 Å². The summed E-state index contributed by atoms with van der Waals surface area (Å²) in [5.74, 6) is 0.509. The monoisotopic (exact) mass is 129 g/mol. The van der Waals surface area contributed by atoms with Gasteiger partial charge in [-0.05, 0) is 12.3 Å². The van der Waals surface area contributed by atoms with Gasteiger partial charge in [0.2, 0.25) is 0 Å². The first-order chi connectivity index (χ1) is 4.22. The lowest BCUT2D eigenvalue weighted by atomic mass is 10.1. The van der Waals surface area contributed by atoms with Gasteiger partial charge in [-0.3, -0.25) is 0 Å². The van der Waals surface area contributed by atoms with Gasteiger partial charge in [0, 0.05) is 0 Å². The molecule has 0 fully saturated rings. The molecule has 2 nitrogen and oxygen atoms in total. The highest BCUT2D eigenvalue weighted by Gasteiger charge is 2.00. The molecule has 2 heteroatoms. The summed E-state index contributed by atoms with van der Waals surface area (Å²) in [5.41, 5.74) is 1.12. The molecular weight excluding hydrogens is 114 g/mol. The average Bonchev–Trinajstić information content (AvgIpc) is 1.82.